The molecule has 0 saturated heterocycles. The fourth-order valence-corrected chi connectivity index (χ4v) is 2.55. The number of nitro groups is 1. The van der Waals surface area contributed by atoms with Crippen molar-refractivity contribution < 1.29 is 19.2 Å². The summed E-state index contributed by atoms with van der Waals surface area (Å²) in [5.74, 6) is -0.617. The Balaban J connectivity index is 2.29. The summed E-state index contributed by atoms with van der Waals surface area (Å²) in [5.41, 5.74) is 5.43. The molecule has 0 bridgehead atoms. The number of non-ortho nitro benzene ring substituents is 1. The Morgan fingerprint density at radius 1 is 1.32 bits per heavy atom. The van der Waals surface area contributed by atoms with Gasteiger partial charge in [0, 0.05) is 22.2 Å². The van der Waals surface area contributed by atoms with Gasteiger partial charge in [-0.25, -0.2) is 4.79 Å². The highest BCUT2D eigenvalue weighted by atomic mass is 79.9. The van der Waals surface area contributed by atoms with Gasteiger partial charge >= 0.3 is 6.03 Å². The lowest BCUT2D eigenvalue weighted by molar-refractivity contribution is -0.384. The first kappa shape index (κ1) is 20.6. The average molecular weight is 445 g/mol. The zero-order valence-electron chi connectivity index (χ0n) is 14.2. The Labute approximate surface area is 167 Å². The number of urea groups is 1. The van der Waals surface area contributed by atoms with Gasteiger partial charge in [-0.3, -0.25) is 20.2 Å². The number of ether oxygens (including phenoxy) is 1. The van der Waals surface area contributed by atoms with E-state index in [2.05, 4.69) is 15.9 Å². The molecule has 0 unspecified atom stereocenters. The molecule has 0 radical (unpaired) electrons. The van der Waals surface area contributed by atoms with E-state index in [4.69, 9.17) is 10.5 Å². The summed E-state index contributed by atoms with van der Waals surface area (Å²) >= 11 is 3.29. The number of hydrogen-bond acceptors (Lipinski definition) is 6. The maximum atomic E-state index is 11.8. The second kappa shape index (κ2) is 9.29. The van der Waals surface area contributed by atoms with Gasteiger partial charge in [0.15, 0.2) is 0 Å². The second-order valence-electron chi connectivity index (χ2n) is 5.39. The number of primary amides is 1. The molecule has 0 aromatic heterocycles. The van der Waals surface area contributed by atoms with E-state index in [-0.39, 0.29) is 17.9 Å². The Hall–Kier alpha value is -3.71. The summed E-state index contributed by atoms with van der Waals surface area (Å²) in [6.07, 6.45) is 1.24. The predicted molar refractivity (Wildman–Crippen MR) is 103 cm³/mol. The summed E-state index contributed by atoms with van der Waals surface area (Å²) in [5, 5.41) is 21.9. The van der Waals surface area contributed by atoms with Gasteiger partial charge in [0.25, 0.3) is 11.6 Å². The van der Waals surface area contributed by atoms with Crippen LogP contribution in [0.2, 0.25) is 0 Å². The molecule has 28 heavy (non-hydrogen) atoms. The first-order valence-electron chi connectivity index (χ1n) is 7.68. The molecular weight excluding hydrogens is 432 g/mol. The number of nitro benzene ring substituents is 1. The largest absolute Gasteiger partial charge is 0.488 e. The standard InChI is InChI=1S/C18H13BrN4O5/c19-14-4-5-16(28-10-11-2-1-3-15(6-11)23(26)27)12(8-14)7-13(9-20)17(24)22-18(21)25/h1-8H,10H2,(H3,21,22,24,25)/b13-7-. The number of imide groups is 1. The van der Waals surface area contributed by atoms with E-state index in [0.717, 1.165) is 0 Å². The molecule has 142 valence electrons. The lowest BCUT2D eigenvalue weighted by Crippen LogP contribution is -2.35. The molecule has 3 amide bonds. The van der Waals surface area contributed by atoms with E-state index in [0.29, 0.717) is 21.3 Å². The van der Waals surface area contributed by atoms with Crippen LogP contribution >= 0.6 is 15.9 Å². The average Bonchev–Trinajstić information content (AvgIpc) is 2.64. The molecule has 0 saturated carbocycles. The molecule has 3 N–H and O–H groups in total. The number of carbonyl (C=O) groups is 2. The van der Waals surface area contributed by atoms with E-state index in [9.17, 15) is 25.0 Å². The lowest BCUT2D eigenvalue weighted by Gasteiger charge is -2.10. The van der Waals surface area contributed by atoms with Crippen molar-refractivity contribution in [2.75, 3.05) is 0 Å². The molecule has 2 aromatic rings. The lowest BCUT2D eigenvalue weighted by atomic mass is 10.1. The first-order chi connectivity index (χ1) is 13.3. The monoisotopic (exact) mass is 444 g/mol. The van der Waals surface area contributed by atoms with E-state index in [1.54, 1.807) is 36.4 Å². The summed E-state index contributed by atoms with van der Waals surface area (Å²) in [4.78, 5) is 33.0. The Bertz CT molecular complexity index is 1010. The van der Waals surface area contributed by atoms with Crippen LogP contribution in [0.15, 0.2) is 52.5 Å². The van der Waals surface area contributed by atoms with Gasteiger partial charge in [-0.2, -0.15) is 5.26 Å². The van der Waals surface area contributed by atoms with Crippen LogP contribution < -0.4 is 15.8 Å². The second-order valence-corrected chi connectivity index (χ2v) is 6.30. The molecule has 0 aliphatic heterocycles. The minimum atomic E-state index is -1.08. The molecule has 2 aromatic carbocycles. The van der Waals surface area contributed by atoms with Crippen LogP contribution in [-0.4, -0.2) is 16.9 Å². The highest BCUT2D eigenvalue weighted by Gasteiger charge is 2.13. The SMILES string of the molecule is N#C/C(=C/c1cc(Br)ccc1OCc1cccc([N+](=O)[O-])c1)C(=O)NC(N)=O. The number of benzene rings is 2. The molecular formula is C18H13BrN4O5. The topological polar surface area (TPSA) is 148 Å². The zero-order chi connectivity index (χ0) is 20.7. The Morgan fingerprint density at radius 3 is 2.71 bits per heavy atom. The maximum Gasteiger partial charge on any atom is 0.319 e. The number of nitrogens with one attached hydrogen (secondary N) is 1. The van der Waals surface area contributed by atoms with Crippen LogP contribution in [0.4, 0.5) is 10.5 Å². The Morgan fingerprint density at radius 2 is 2.07 bits per heavy atom. The molecule has 0 fully saturated rings. The maximum absolute atomic E-state index is 11.8. The fraction of sp³-hybridized carbons (Fsp3) is 0.0556. The summed E-state index contributed by atoms with van der Waals surface area (Å²) in [7, 11) is 0. The number of hydrogen-bond donors (Lipinski definition) is 2. The third kappa shape index (κ3) is 5.65. The summed E-state index contributed by atoms with van der Waals surface area (Å²) in [6.45, 7) is 0.0273. The predicted octanol–water partition coefficient (Wildman–Crippen LogP) is 3.04. The molecule has 2 rings (SSSR count). The van der Waals surface area contributed by atoms with Gasteiger partial charge in [0.05, 0.1) is 4.92 Å². The van der Waals surface area contributed by atoms with Gasteiger partial charge in [0.2, 0.25) is 0 Å². The molecule has 0 spiro atoms. The fourth-order valence-electron chi connectivity index (χ4n) is 2.17. The van der Waals surface area contributed by atoms with Gasteiger partial charge in [-0.15, -0.1) is 0 Å². The minimum Gasteiger partial charge on any atom is -0.488 e. The molecule has 0 heterocycles. The number of amides is 3. The zero-order valence-corrected chi connectivity index (χ0v) is 15.8. The third-order valence-electron chi connectivity index (χ3n) is 3.39. The normalized spacial score (nSPS) is 10.6. The molecule has 0 aliphatic rings. The molecule has 0 atom stereocenters. The Kier molecular flexibility index (Phi) is 6.84. The first-order valence-corrected chi connectivity index (χ1v) is 8.47. The smallest absolute Gasteiger partial charge is 0.319 e. The van der Waals surface area contributed by atoms with Crippen LogP contribution in [0.1, 0.15) is 11.1 Å². The minimum absolute atomic E-state index is 0.0273. The number of nitrogens with zero attached hydrogens (tertiary/aromatic N) is 2. The molecule has 0 aliphatic carbocycles. The molecule has 10 heteroatoms. The summed E-state index contributed by atoms with van der Waals surface area (Å²) in [6, 6.07) is 11.5. The van der Waals surface area contributed by atoms with Crippen molar-refractivity contribution in [3.8, 4) is 11.8 Å². The van der Waals surface area contributed by atoms with Crippen molar-refractivity contribution in [3.05, 3.63) is 73.8 Å². The van der Waals surface area contributed by atoms with Crippen molar-refractivity contribution in [3.63, 3.8) is 0 Å². The number of halogens is 1. The van der Waals surface area contributed by atoms with Crippen LogP contribution in [0.25, 0.3) is 6.08 Å². The van der Waals surface area contributed by atoms with E-state index in [1.165, 1.54) is 18.2 Å². The van der Waals surface area contributed by atoms with Crippen LogP contribution in [-0.2, 0) is 11.4 Å². The van der Waals surface area contributed by atoms with Crippen molar-refractivity contribution in [2.24, 2.45) is 5.73 Å². The number of carbonyl (C=O) groups excluding carboxylic acids is 2. The highest BCUT2D eigenvalue weighted by Crippen LogP contribution is 2.27. The van der Waals surface area contributed by atoms with Gasteiger partial charge < -0.3 is 10.5 Å². The van der Waals surface area contributed by atoms with E-state index >= 15 is 0 Å². The van der Waals surface area contributed by atoms with E-state index < -0.39 is 16.9 Å². The van der Waals surface area contributed by atoms with Crippen molar-refractivity contribution in [1.82, 2.24) is 5.32 Å². The van der Waals surface area contributed by atoms with Crippen LogP contribution in [0, 0.1) is 21.4 Å². The van der Waals surface area contributed by atoms with Crippen molar-refractivity contribution >= 4 is 39.6 Å². The summed E-state index contributed by atoms with van der Waals surface area (Å²) < 4.78 is 6.36. The number of rotatable bonds is 6. The quantitative estimate of drug-likeness (QED) is 0.302. The van der Waals surface area contributed by atoms with E-state index in [1.807, 2.05) is 5.32 Å². The van der Waals surface area contributed by atoms with Crippen LogP contribution in [0.5, 0.6) is 5.75 Å². The van der Waals surface area contributed by atoms with Crippen LogP contribution in [0.3, 0.4) is 0 Å². The number of nitriles is 1. The van der Waals surface area contributed by atoms with Crippen molar-refractivity contribution in [2.45, 2.75) is 6.61 Å². The van der Waals surface area contributed by atoms with Crippen molar-refractivity contribution in [1.29, 1.82) is 5.26 Å². The van der Waals surface area contributed by atoms with Gasteiger partial charge in [-0.05, 0) is 29.8 Å². The van der Waals surface area contributed by atoms with Gasteiger partial charge in [0.1, 0.15) is 24.0 Å². The highest BCUT2D eigenvalue weighted by molar-refractivity contribution is 9.10. The third-order valence-corrected chi connectivity index (χ3v) is 3.88. The molecule has 9 nitrogen and oxygen atoms in total. The number of nitrogens with two attached hydrogens (primary N) is 1. The van der Waals surface area contributed by atoms with Gasteiger partial charge in [-0.1, -0.05) is 28.1 Å².